The summed E-state index contributed by atoms with van der Waals surface area (Å²) in [5.74, 6) is -1.57. The lowest BCUT2D eigenvalue weighted by Crippen LogP contribution is -2.60. The fourth-order valence-corrected chi connectivity index (χ4v) is 6.14. The Balaban J connectivity index is 1.46. The molecule has 0 radical (unpaired) electrons. The predicted octanol–water partition coefficient (Wildman–Crippen LogP) is -0.0341. The first-order valence-corrected chi connectivity index (χ1v) is 12.1. The molecule has 1 saturated heterocycles. The number of hydrogen-bond donors (Lipinski definition) is 6. The zero-order chi connectivity index (χ0) is 26.6. The number of allylic oxidation sites excluding steroid dienone is 1. The molecule has 6 atom stereocenters. The number of carbonyl (C=O) groups is 1. The molecule has 0 amide bonds. The Hall–Kier alpha value is -3.81. The Bertz CT molecular complexity index is 1780. The van der Waals surface area contributed by atoms with E-state index >= 15 is 0 Å². The molecule has 2 aliphatic carbocycles. The van der Waals surface area contributed by atoms with Crippen molar-refractivity contribution in [3.8, 4) is 0 Å². The van der Waals surface area contributed by atoms with E-state index in [9.17, 15) is 40.2 Å². The highest BCUT2D eigenvalue weighted by Crippen LogP contribution is 2.44. The maximum absolute atomic E-state index is 13.0. The van der Waals surface area contributed by atoms with Crippen LogP contribution in [0.5, 0.6) is 0 Å². The zero-order valence-corrected chi connectivity index (χ0v) is 19.6. The molecule has 6 N–H and O–H groups in total. The number of benzene rings is 1. The summed E-state index contributed by atoms with van der Waals surface area (Å²) in [6.45, 7) is -0.613. The fourth-order valence-electron chi connectivity index (χ4n) is 6.14. The maximum atomic E-state index is 13.0. The van der Waals surface area contributed by atoms with E-state index in [2.05, 4.69) is 15.0 Å². The van der Waals surface area contributed by atoms with Gasteiger partial charge in [-0.05, 0) is 18.1 Å². The highest BCUT2D eigenvalue weighted by atomic mass is 16.5. The van der Waals surface area contributed by atoms with Gasteiger partial charge >= 0.3 is 0 Å². The molecule has 1 aliphatic heterocycles. The van der Waals surface area contributed by atoms with E-state index in [1.165, 1.54) is 18.3 Å². The molecule has 194 valence electrons. The Morgan fingerprint density at radius 2 is 1.71 bits per heavy atom. The van der Waals surface area contributed by atoms with Crippen LogP contribution >= 0.6 is 0 Å². The highest BCUT2D eigenvalue weighted by Gasteiger charge is 2.48. The number of aliphatic hydroxyl groups excluding tert-OH is 6. The molecule has 4 aromatic rings. The van der Waals surface area contributed by atoms with Crippen molar-refractivity contribution < 1.29 is 40.2 Å². The van der Waals surface area contributed by atoms with Crippen molar-refractivity contribution in [3.63, 3.8) is 0 Å². The molecule has 0 spiro atoms. The minimum atomic E-state index is -1.62. The van der Waals surface area contributed by atoms with Crippen LogP contribution in [0, 0.1) is 5.92 Å². The third kappa shape index (κ3) is 2.94. The summed E-state index contributed by atoms with van der Waals surface area (Å²) >= 11 is 0. The van der Waals surface area contributed by atoms with Crippen LogP contribution in [0.25, 0.3) is 44.7 Å². The standard InChI is InChI=1S/C26H21N3O9/c30-6-15-22(34)23(35)24(36)25(38-15)9-3-8-12(4-13(9)32)28-21-17(8)18-11(5-27-26(18)37)16-10-1-7(31)2-14(33)19(10)29-20(16)21/h1,4-5,9,15,22-25,30-32,34-36H,2-3,6H2/t9?,15-,22-,23+,24-,25+/m1/s1. The number of ether oxygens (including phenoxy) is 1. The molecule has 38 heavy (non-hydrogen) atoms. The summed E-state index contributed by atoms with van der Waals surface area (Å²) in [5.41, 5.74) is 1.65. The normalized spacial score (nSPS) is 29.5. The van der Waals surface area contributed by atoms with E-state index in [1.807, 2.05) is 0 Å². The second-order valence-corrected chi connectivity index (χ2v) is 10.1. The van der Waals surface area contributed by atoms with Crippen LogP contribution in [0.3, 0.4) is 0 Å². The number of fused-ring (bicyclic) bond motifs is 10. The topological polar surface area (TPSA) is 203 Å². The van der Waals surface area contributed by atoms with Crippen LogP contribution in [-0.4, -0.2) is 88.5 Å². The number of aliphatic hydroxyl groups is 6. The lowest BCUT2D eigenvalue weighted by molar-refractivity contribution is -0.239. The SMILES string of the molecule is O=C1CC(O)=Cc2c1nc1c3nc4c(c3c3c(=O)ncc3c21)CC([C@@H]1O[C@H](CO)[C@@H](O)[C@H](O)[C@H]1O)C(O)=C4. The molecular formula is C26H21N3O9. The quantitative estimate of drug-likeness (QED) is 0.207. The molecule has 0 bridgehead atoms. The van der Waals surface area contributed by atoms with Crippen molar-refractivity contribution in [2.75, 3.05) is 6.61 Å². The second-order valence-electron chi connectivity index (χ2n) is 10.1. The fraction of sp³-hybridized carbons (Fsp3) is 0.346. The van der Waals surface area contributed by atoms with Gasteiger partial charge in [-0.15, -0.1) is 0 Å². The van der Waals surface area contributed by atoms with Gasteiger partial charge in [0.15, 0.2) is 5.78 Å². The first-order chi connectivity index (χ1) is 18.2. The van der Waals surface area contributed by atoms with Crippen LogP contribution in [-0.2, 0) is 11.2 Å². The summed E-state index contributed by atoms with van der Waals surface area (Å²) in [7, 11) is 0. The van der Waals surface area contributed by atoms with Crippen molar-refractivity contribution in [1.82, 2.24) is 15.0 Å². The monoisotopic (exact) mass is 519 g/mol. The summed E-state index contributed by atoms with van der Waals surface area (Å²) in [6.07, 6.45) is -2.97. The lowest BCUT2D eigenvalue weighted by Gasteiger charge is -2.43. The lowest BCUT2D eigenvalue weighted by atomic mass is 9.80. The van der Waals surface area contributed by atoms with E-state index in [0.29, 0.717) is 44.0 Å². The van der Waals surface area contributed by atoms with E-state index in [1.54, 1.807) is 0 Å². The van der Waals surface area contributed by atoms with Crippen LogP contribution in [0.1, 0.15) is 33.7 Å². The van der Waals surface area contributed by atoms with E-state index < -0.39 is 48.6 Å². The second kappa shape index (κ2) is 7.85. The summed E-state index contributed by atoms with van der Waals surface area (Å²) in [6, 6.07) is 0. The van der Waals surface area contributed by atoms with Crippen LogP contribution in [0.15, 0.2) is 22.5 Å². The van der Waals surface area contributed by atoms with Crippen LogP contribution < -0.4 is 5.56 Å². The molecule has 3 aromatic heterocycles. The Kier molecular flexibility index (Phi) is 4.82. The van der Waals surface area contributed by atoms with Gasteiger partial charge in [-0.25, -0.2) is 15.0 Å². The van der Waals surface area contributed by atoms with Gasteiger partial charge in [0.2, 0.25) is 0 Å². The molecule has 12 heteroatoms. The van der Waals surface area contributed by atoms with E-state index in [0.717, 1.165) is 0 Å². The number of Topliss-reactive ketones (excluding diaryl/α,β-unsaturated/α-hetero) is 1. The maximum Gasteiger partial charge on any atom is 0.278 e. The van der Waals surface area contributed by atoms with Gasteiger partial charge < -0.3 is 35.4 Å². The first-order valence-electron chi connectivity index (χ1n) is 12.1. The number of rotatable bonds is 2. The van der Waals surface area contributed by atoms with Crippen molar-refractivity contribution >= 4 is 50.5 Å². The molecule has 3 aliphatic rings. The Labute approximate surface area is 212 Å². The van der Waals surface area contributed by atoms with Gasteiger partial charge in [0.25, 0.3) is 5.56 Å². The van der Waals surface area contributed by atoms with E-state index in [-0.39, 0.29) is 41.2 Å². The van der Waals surface area contributed by atoms with Crippen LogP contribution in [0.2, 0.25) is 0 Å². The van der Waals surface area contributed by atoms with Gasteiger partial charge in [0.05, 0.1) is 41.2 Å². The first kappa shape index (κ1) is 23.3. The molecule has 7 rings (SSSR count). The van der Waals surface area contributed by atoms with Gasteiger partial charge in [-0.2, -0.15) is 0 Å². The van der Waals surface area contributed by atoms with Gasteiger partial charge in [-0.1, -0.05) is 0 Å². The molecule has 12 nitrogen and oxygen atoms in total. The average Bonchev–Trinajstić information content (AvgIpc) is 3.55. The van der Waals surface area contributed by atoms with Gasteiger partial charge in [-0.3, -0.25) is 9.59 Å². The minimum absolute atomic E-state index is 0.0438. The Morgan fingerprint density at radius 1 is 0.947 bits per heavy atom. The van der Waals surface area contributed by atoms with E-state index in [4.69, 9.17) is 4.74 Å². The number of carbonyl (C=O) groups excluding carboxylic acids is 1. The predicted molar refractivity (Wildman–Crippen MR) is 132 cm³/mol. The molecule has 0 saturated carbocycles. The molecular weight excluding hydrogens is 498 g/mol. The average molecular weight is 519 g/mol. The third-order valence-corrected chi connectivity index (χ3v) is 7.93. The molecule has 1 unspecified atom stereocenters. The van der Waals surface area contributed by atoms with Crippen molar-refractivity contribution in [1.29, 1.82) is 0 Å². The summed E-state index contributed by atoms with van der Waals surface area (Å²) < 4.78 is 5.70. The number of ketones is 1. The van der Waals surface area contributed by atoms with Gasteiger partial charge in [0.1, 0.15) is 41.6 Å². The van der Waals surface area contributed by atoms with Crippen molar-refractivity contribution in [3.05, 3.63) is 50.6 Å². The largest absolute Gasteiger partial charge is 0.512 e. The van der Waals surface area contributed by atoms with Crippen molar-refractivity contribution in [2.24, 2.45) is 5.92 Å². The van der Waals surface area contributed by atoms with Crippen molar-refractivity contribution in [2.45, 2.75) is 43.4 Å². The zero-order valence-electron chi connectivity index (χ0n) is 19.6. The molecule has 4 heterocycles. The molecule has 1 fully saturated rings. The Morgan fingerprint density at radius 3 is 2.47 bits per heavy atom. The summed E-state index contributed by atoms with van der Waals surface area (Å²) in [4.78, 5) is 38.8. The minimum Gasteiger partial charge on any atom is -0.512 e. The van der Waals surface area contributed by atoms with Gasteiger partial charge in [0, 0.05) is 39.9 Å². The third-order valence-electron chi connectivity index (χ3n) is 7.93. The molecule has 1 aromatic carbocycles. The summed E-state index contributed by atoms with van der Waals surface area (Å²) in [5, 5.41) is 63.3. The number of hydrogen-bond acceptors (Lipinski definition) is 12. The smallest absolute Gasteiger partial charge is 0.278 e. The highest BCUT2D eigenvalue weighted by molar-refractivity contribution is 6.28. The van der Waals surface area contributed by atoms with Crippen LogP contribution in [0.4, 0.5) is 0 Å². The number of nitrogens with zero attached hydrogens (tertiary/aromatic N) is 3. The number of aromatic nitrogens is 3.